The second-order valence-corrected chi connectivity index (χ2v) is 16.0. The Hall–Kier alpha value is -6.39. The van der Waals surface area contributed by atoms with E-state index >= 15 is 0 Å². The molecule has 9 rings (SSSR count). The lowest BCUT2D eigenvalue weighted by Crippen LogP contribution is -1.96. The molecule has 0 saturated heterocycles. The average molecular weight is 899 g/mol. The average Bonchev–Trinajstić information content (AvgIpc) is 4.09. The first kappa shape index (κ1) is 37.2. The van der Waals surface area contributed by atoms with Gasteiger partial charge in [-0.2, -0.15) is 15.3 Å². The number of pyridine rings is 3. The number of hydrogen-bond acceptors (Lipinski definition) is 6. The molecule has 0 radical (unpaired) electrons. The van der Waals surface area contributed by atoms with Crippen LogP contribution in [0.5, 0.6) is 0 Å². The second kappa shape index (κ2) is 20.7. The van der Waals surface area contributed by atoms with E-state index in [9.17, 15) is 0 Å². The second-order valence-electron chi connectivity index (χ2n) is 14.7. The molecule has 12 heteroatoms. The summed E-state index contributed by atoms with van der Waals surface area (Å²) in [5, 5.41) is 14.0. The van der Waals surface area contributed by atoms with Crippen LogP contribution >= 0.6 is 34.8 Å². The molecule has 0 aliphatic heterocycles. The van der Waals surface area contributed by atoms with E-state index in [1.54, 1.807) is 90.2 Å². The molecule has 0 aliphatic rings. The number of aromatic nitrogens is 9. The highest BCUT2D eigenvalue weighted by atomic mass is 35.5. The van der Waals surface area contributed by atoms with Gasteiger partial charge in [-0.15, -0.1) is 0 Å². The van der Waals surface area contributed by atoms with Gasteiger partial charge < -0.3 is 0 Å². The van der Waals surface area contributed by atoms with E-state index in [0.29, 0.717) is 48.8 Å². The van der Waals surface area contributed by atoms with E-state index in [2.05, 4.69) is 30.2 Å². The van der Waals surface area contributed by atoms with Crippen LogP contribution in [-0.4, -0.2) is 44.3 Å². The Morgan fingerprint density at radius 1 is 0.429 bits per heavy atom. The van der Waals surface area contributed by atoms with Crippen molar-refractivity contribution in [3.05, 3.63) is 212 Å². The summed E-state index contributed by atoms with van der Waals surface area (Å²) in [6.45, 7) is 5.85. The zero-order valence-electron chi connectivity index (χ0n) is 41.5. The summed E-state index contributed by atoms with van der Waals surface area (Å²) >= 11 is 18.2. The molecule has 63 heavy (non-hydrogen) atoms. The molecular formula is C51H48Cl3N9. The quantitative estimate of drug-likeness (QED) is 0.143. The fraction of sp³-hybridized carbons (Fsp3) is 0.176. The van der Waals surface area contributed by atoms with Crippen molar-refractivity contribution in [2.24, 2.45) is 21.1 Å². The summed E-state index contributed by atoms with van der Waals surface area (Å²) in [6, 6.07) is 33.1. The molecule has 0 aliphatic carbocycles. The van der Waals surface area contributed by atoms with Crippen molar-refractivity contribution in [1.82, 2.24) is 44.3 Å². The predicted molar refractivity (Wildman–Crippen MR) is 256 cm³/mol. The number of hydrogen-bond donors (Lipinski definition) is 0. The van der Waals surface area contributed by atoms with Crippen molar-refractivity contribution in [2.45, 2.75) is 39.9 Å². The highest BCUT2D eigenvalue weighted by Gasteiger charge is 2.11. The van der Waals surface area contributed by atoms with Gasteiger partial charge in [0.05, 0.1) is 35.7 Å². The van der Waals surface area contributed by atoms with Gasteiger partial charge in [0.2, 0.25) is 0 Å². The van der Waals surface area contributed by atoms with E-state index in [0.717, 1.165) is 50.5 Å². The summed E-state index contributed by atoms with van der Waals surface area (Å²) in [5.41, 5.74) is 10.2. The maximum atomic E-state index is 8.42. The molecule has 0 bridgehead atoms. The van der Waals surface area contributed by atoms with Gasteiger partial charge in [0.15, 0.2) is 0 Å². The van der Waals surface area contributed by atoms with Crippen molar-refractivity contribution in [3.63, 3.8) is 0 Å². The molecule has 6 heterocycles. The fourth-order valence-corrected chi connectivity index (χ4v) is 7.05. The molecule has 3 aromatic carbocycles. The van der Waals surface area contributed by atoms with Crippen LogP contribution < -0.4 is 0 Å². The minimum atomic E-state index is -1.71. The fourth-order valence-electron chi connectivity index (χ4n) is 6.48. The third-order valence-corrected chi connectivity index (χ3v) is 10.2. The highest BCUT2D eigenvalue weighted by molar-refractivity contribution is 6.31. The number of rotatable bonds is 9. The van der Waals surface area contributed by atoms with Crippen LogP contribution in [0.25, 0.3) is 33.8 Å². The topological polar surface area (TPSA) is 92.1 Å². The molecule has 0 saturated carbocycles. The number of benzene rings is 3. The molecule has 0 atom stereocenters. The van der Waals surface area contributed by atoms with Crippen LogP contribution in [0.15, 0.2) is 146 Å². The molecule has 6 aromatic heterocycles. The van der Waals surface area contributed by atoms with Crippen LogP contribution in [0.3, 0.4) is 0 Å². The molecule has 0 spiro atoms. The van der Waals surface area contributed by atoms with Gasteiger partial charge in [0.1, 0.15) is 0 Å². The van der Waals surface area contributed by atoms with E-state index < -0.39 is 19.1 Å². The van der Waals surface area contributed by atoms with E-state index in [1.807, 2.05) is 93.6 Å². The van der Waals surface area contributed by atoms with E-state index in [4.69, 9.17) is 43.0 Å². The van der Waals surface area contributed by atoms with Crippen molar-refractivity contribution in [2.75, 3.05) is 0 Å². The molecule has 0 unspecified atom stereocenters. The summed E-state index contributed by atoms with van der Waals surface area (Å²) in [4.78, 5) is 13.7. The third-order valence-electron chi connectivity index (χ3n) is 9.52. The normalized spacial score (nSPS) is 12.9. The van der Waals surface area contributed by atoms with Gasteiger partial charge in [-0.05, 0) is 109 Å². The van der Waals surface area contributed by atoms with Crippen LogP contribution in [0.4, 0.5) is 0 Å². The Kier molecular flexibility index (Phi) is 12.2. The largest absolute Gasteiger partial charge is 0.276 e. The lowest BCUT2D eigenvalue weighted by molar-refractivity contribution is 0.767. The molecular weight excluding hydrogens is 845 g/mol. The summed E-state index contributed by atoms with van der Waals surface area (Å²) in [5.74, 6) is 0. The minimum absolute atomic E-state index is 0.353. The smallest absolute Gasteiger partial charge is 0.0735 e. The summed E-state index contributed by atoms with van der Waals surface area (Å²) in [7, 11) is 5.29. The Bertz CT molecular complexity index is 2920. The van der Waals surface area contributed by atoms with Crippen molar-refractivity contribution >= 4 is 34.8 Å². The Labute approximate surface area is 392 Å². The number of halogens is 3. The van der Waals surface area contributed by atoms with Crippen LogP contribution in [0, 0.1) is 20.8 Å². The maximum absolute atomic E-state index is 8.42. The summed E-state index contributed by atoms with van der Waals surface area (Å²) < 4.78 is 55.3. The predicted octanol–water partition coefficient (Wildman–Crippen LogP) is 12.1. The molecule has 0 amide bonds. The first-order chi connectivity index (χ1) is 32.6. The maximum Gasteiger partial charge on any atom is 0.0735 e. The van der Waals surface area contributed by atoms with Crippen molar-refractivity contribution in [3.8, 4) is 33.8 Å². The Balaban J connectivity index is 0.000000153. The van der Waals surface area contributed by atoms with Crippen LogP contribution in [0.2, 0.25) is 15.1 Å². The first-order valence-corrected chi connectivity index (χ1v) is 21.0. The number of aryl methyl sites for hydroxylation is 6. The van der Waals surface area contributed by atoms with Crippen molar-refractivity contribution in [1.29, 1.82) is 0 Å². The SMILES string of the molecule is [2H]C([2H])(c1cnn(C)c1)c1ccc(C)c(-c2cccc(Cl)c2)n1.[2H]C([2H])(c1cnn(C)c1)c1ccc(C)c(-c2cccc(Cl)c2)n1.[2H]C([2H])(c1cnn(C)c1)c1ccc(C)c(-c2cccc(Cl)c2)n1. The minimum Gasteiger partial charge on any atom is -0.276 e. The first-order valence-electron chi connectivity index (χ1n) is 22.8. The lowest BCUT2D eigenvalue weighted by Gasteiger charge is -2.08. The lowest BCUT2D eigenvalue weighted by atomic mass is 10.0. The van der Waals surface area contributed by atoms with Gasteiger partial charge in [-0.25, -0.2) is 0 Å². The zero-order chi connectivity index (χ0) is 49.8. The monoisotopic (exact) mass is 897 g/mol. The Morgan fingerprint density at radius 2 is 0.714 bits per heavy atom. The Morgan fingerprint density at radius 3 is 0.952 bits per heavy atom. The van der Waals surface area contributed by atoms with Gasteiger partial charge in [0.25, 0.3) is 0 Å². The van der Waals surface area contributed by atoms with Gasteiger partial charge in [-0.3, -0.25) is 29.0 Å². The summed E-state index contributed by atoms with van der Waals surface area (Å²) in [6.07, 6.45) is 4.45. The number of nitrogens with zero attached hydrogens (tertiary/aromatic N) is 9. The van der Waals surface area contributed by atoms with Gasteiger partial charge in [0, 0.05) is 116 Å². The highest BCUT2D eigenvalue weighted by Crippen LogP contribution is 2.28. The van der Waals surface area contributed by atoms with Gasteiger partial charge >= 0.3 is 0 Å². The molecule has 318 valence electrons. The van der Waals surface area contributed by atoms with Crippen molar-refractivity contribution < 1.29 is 8.22 Å². The molecule has 0 N–H and O–H groups in total. The molecule has 9 nitrogen and oxygen atoms in total. The van der Waals surface area contributed by atoms with E-state index in [-0.39, 0.29) is 0 Å². The molecule has 0 fully saturated rings. The van der Waals surface area contributed by atoms with Crippen LogP contribution in [0.1, 0.15) is 58.7 Å². The van der Waals surface area contributed by atoms with Crippen LogP contribution in [-0.2, 0) is 40.3 Å². The third kappa shape index (κ3) is 12.4. The molecule has 9 aromatic rings. The van der Waals surface area contributed by atoms with E-state index in [1.165, 1.54) is 18.6 Å². The zero-order valence-corrected chi connectivity index (χ0v) is 37.8. The standard InChI is InChI=1S/3C17H16ClN3/c3*1-12-6-7-16(8-13-10-19-21(2)11-13)20-17(12)14-4-3-5-15(18)9-14/h3*3-7,9-11H,8H2,1-2H3/i3*8D2. The van der Waals surface area contributed by atoms with Gasteiger partial charge in [-0.1, -0.05) is 89.4 Å².